The number of hydrogen-bond donors (Lipinski definition) is 0. The van der Waals surface area contributed by atoms with Gasteiger partial charge in [0, 0.05) is 29.6 Å². The van der Waals surface area contributed by atoms with Gasteiger partial charge in [-0.2, -0.15) is 4.98 Å². The summed E-state index contributed by atoms with van der Waals surface area (Å²) in [7, 11) is 1.58. The van der Waals surface area contributed by atoms with Gasteiger partial charge in [0.2, 0.25) is 5.88 Å². The summed E-state index contributed by atoms with van der Waals surface area (Å²) in [6, 6.07) is 12.3. The number of hydrogen-bond acceptors (Lipinski definition) is 5. The lowest BCUT2D eigenvalue weighted by atomic mass is 10.2. The maximum absolute atomic E-state index is 13.3. The quantitative estimate of drug-likeness (QED) is 0.441. The smallest absolute Gasteiger partial charge is 0.223 e. The van der Waals surface area contributed by atoms with Crippen molar-refractivity contribution in [3.8, 4) is 17.4 Å². The third kappa shape index (κ3) is 4.92. The third-order valence-electron chi connectivity index (χ3n) is 3.36. The van der Waals surface area contributed by atoms with Crippen molar-refractivity contribution >= 4 is 11.8 Å². The highest BCUT2D eigenvalue weighted by atomic mass is 32.2. The van der Waals surface area contributed by atoms with Crippen molar-refractivity contribution in [3.05, 3.63) is 71.4 Å². The largest absolute Gasteiger partial charge is 0.497 e. The van der Waals surface area contributed by atoms with Gasteiger partial charge in [-0.1, -0.05) is 17.8 Å². The van der Waals surface area contributed by atoms with Gasteiger partial charge in [-0.25, -0.2) is 13.8 Å². The number of thioether (sulfide) groups is 1. The monoisotopic (exact) mass is 374 g/mol. The molecule has 4 nitrogen and oxygen atoms in total. The Balaban J connectivity index is 1.74. The first-order valence-electron chi connectivity index (χ1n) is 7.77. The number of aromatic nitrogens is 2. The minimum absolute atomic E-state index is 0.344. The molecular weight excluding hydrogens is 358 g/mol. The molecule has 134 valence electrons. The molecule has 26 heavy (non-hydrogen) atoms. The van der Waals surface area contributed by atoms with E-state index >= 15 is 0 Å². The fourth-order valence-corrected chi connectivity index (χ4v) is 3.08. The number of nitrogens with zero attached hydrogens (tertiary/aromatic N) is 2. The molecule has 0 amide bonds. The Morgan fingerprint density at radius 2 is 1.69 bits per heavy atom. The number of methoxy groups -OCH3 is 1. The van der Waals surface area contributed by atoms with Crippen LogP contribution < -0.4 is 9.47 Å². The van der Waals surface area contributed by atoms with E-state index in [4.69, 9.17) is 9.47 Å². The van der Waals surface area contributed by atoms with Gasteiger partial charge >= 0.3 is 0 Å². The van der Waals surface area contributed by atoms with Crippen LogP contribution in [0.25, 0.3) is 0 Å². The van der Waals surface area contributed by atoms with Crippen molar-refractivity contribution < 1.29 is 18.3 Å². The van der Waals surface area contributed by atoms with Crippen molar-refractivity contribution in [3.63, 3.8) is 0 Å². The van der Waals surface area contributed by atoms with E-state index in [0.717, 1.165) is 11.8 Å². The summed E-state index contributed by atoms with van der Waals surface area (Å²) in [5.74, 6) is 0.789. The molecule has 0 bridgehead atoms. The van der Waals surface area contributed by atoms with E-state index < -0.39 is 11.6 Å². The number of halogens is 2. The standard InChI is InChI=1S/C19H16F2N2O2S/c1-12-6-18(25-17-5-3-4-16(10-17)24-2)23-19(22-12)26-11-13-7-14(20)9-15(21)8-13/h3-10H,11H2,1-2H3. The molecule has 0 aliphatic carbocycles. The molecule has 0 atom stereocenters. The van der Waals surface area contributed by atoms with Crippen molar-refractivity contribution in [2.45, 2.75) is 17.8 Å². The Bertz CT molecular complexity index is 902. The predicted octanol–water partition coefficient (Wildman–Crippen LogP) is 5.16. The van der Waals surface area contributed by atoms with Gasteiger partial charge in [-0.3, -0.25) is 0 Å². The van der Waals surface area contributed by atoms with Crippen molar-refractivity contribution in [2.24, 2.45) is 0 Å². The number of rotatable bonds is 6. The highest BCUT2D eigenvalue weighted by Gasteiger charge is 2.08. The zero-order valence-electron chi connectivity index (χ0n) is 14.2. The first kappa shape index (κ1) is 18.1. The second-order valence-electron chi connectivity index (χ2n) is 5.48. The summed E-state index contributed by atoms with van der Waals surface area (Å²) in [5.41, 5.74) is 1.25. The molecule has 0 aliphatic heterocycles. The molecule has 0 saturated heterocycles. The summed E-state index contributed by atoms with van der Waals surface area (Å²) in [6.45, 7) is 1.83. The van der Waals surface area contributed by atoms with Gasteiger partial charge in [-0.15, -0.1) is 0 Å². The summed E-state index contributed by atoms with van der Waals surface area (Å²) >= 11 is 1.28. The molecule has 2 aromatic carbocycles. The van der Waals surface area contributed by atoms with Crippen LogP contribution in [-0.2, 0) is 5.75 Å². The molecule has 7 heteroatoms. The molecular formula is C19H16F2N2O2S. The van der Waals surface area contributed by atoms with E-state index in [1.165, 1.54) is 23.9 Å². The first-order valence-corrected chi connectivity index (χ1v) is 8.76. The lowest BCUT2D eigenvalue weighted by molar-refractivity contribution is 0.406. The van der Waals surface area contributed by atoms with Crippen LogP contribution in [-0.4, -0.2) is 17.1 Å². The molecule has 0 spiro atoms. The Labute approximate surface area is 154 Å². The summed E-state index contributed by atoms with van der Waals surface area (Å²) < 4.78 is 37.5. The van der Waals surface area contributed by atoms with Gasteiger partial charge < -0.3 is 9.47 Å². The minimum Gasteiger partial charge on any atom is -0.497 e. The van der Waals surface area contributed by atoms with Crippen molar-refractivity contribution in [1.29, 1.82) is 0 Å². The van der Waals surface area contributed by atoms with Crippen LogP contribution in [0.5, 0.6) is 17.4 Å². The zero-order chi connectivity index (χ0) is 18.5. The van der Waals surface area contributed by atoms with E-state index in [0.29, 0.717) is 33.9 Å². The Hall–Kier alpha value is -2.67. The molecule has 0 radical (unpaired) electrons. The number of aryl methyl sites for hydroxylation is 1. The van der Waals surface area contributed by atoms with E-state index in [1.807, 2.05) is 19.1 Å². The van der Waals surface area contributed by atoms with Crippen LogP contribution >= 0.6 is 11.8 Å². The molecule has 0 unspecified atom stereocenters. The summed E-state index contributed by atoms with van der Waals surface area (Å²) in [5, 5.41) is 0.465. The van der Waals surface area contributed by atoms with E-state index in [1.54, 1.807) is 25.3 Å². The maximum Gasteiger partial charge on any atom is 0.223 e. The van der Waals surface area contributed by atoms with Crippen molar-refractivity contribution in [2.75, 3.05) is 7.11 Å². The van der Waals surface area contributed by atoms with Gasteiger partial charge in [0.05, 0.1) is 7.11 Å². The van der Waals surface area contributed by atoms with Crippen LogP contribution in [0.4, 0.5) is 8.78 Å². The molecule has 3 aromatic rings. The first-order chi connectivity index (χ1) is 12.5. The van der Waals surface area contributed by atoms with Gasteiger partial charge in [0.1, 0.15) is 23.1 Å². The molecule has 0 fully saturated rings. The fourth-order valence-electron chi connectivity index (χ4n) is 2.26. The van der Waals surface area contributed by atoms with E-state index in [9.17, 15) is 8.78 Å². The third-order valence-corrected chi connectivity index (χ3v) is 4.28. The lowest BCUT2D eigenvalue weighted by Gasteiger charge is -2.09. The average Bonchev–Trinajstić information content (AvgIpc) is 2.59. The number of benzene rings is 2. The second-order valence-corrected chi connectivity index (χ2v) is 6.42. The van der Waals surface area contributed by atoms with Gasteiger partial charge in [-0.05, 0) is 36.8 Å². The zero-order valence-corrected chi connectivity index (χ0v) is 15.0. The highest BCUT2D eigenvalue weighted by molar-refractivity contribution is 7.98. The SMILES string of the molecule is COc1cccc(Oc2cc(C)nc(SCc3cc(F)cc(F)c3)n2)c1. The second kappa shape index (κ2) is 8.14. The van der Waals surface area contributed by atoms with Crippen LogP contribution in [0.1, 0.15) is 11.3 Å². The molecule has 0 aliphatic rings. The van der Waals surface area contributed by atoms with E-state index in [2.05, 4.69) is 9.97 Å². The predicted molar refractivity (Wildman–Crippen MR) is 95.8 cm³/mol. The Morgan fingerprint density at radius 1 is 0.962 bits per heavy atom. The van der Waals surface area contributed by atoms with E-state index in [-0.39, 0.29) is 0 Å². The van der Waals surface area contributed by atoms with Gasteiger partial charge in [0.25, 0.3) is 0 Å². The van der Waals surface area contributed by atoms with Crippen LogP contribution in [0, 0.1) is 18.6 Å². The Kier molecular flexibility index (Phi) is 5.68. The summed E-state index contributed by atoms with van der Waals surface area (Å²) in [6.07, 6.45) is 0. The highest BCUT2D eigenvalue weighted by Crippen LogP contribution is 2.27. The normalized spacial score (nSPS) is 10.6. The van der Waals surface area contributed by atoms with Crippen LogP contribution in [0.2, 0.25) is 0 Å². The van der Waals surface area contributed by atoms with Crippen molar-refractivity contribution in [1.82, 2.24) is 9.97 Å². The van der Waals surface area contributed by atoms with Crippen LogP contribution in [0.3, 0.4) is 0 Å². The minimum atomic E-state index is -0.604. The fraction of sp³-hybridized carbons (Fsp3) is 0.158. The number of ether oxygens (including phenoxy) is 2. The molecule has 1 heterocycles. The van der Waals surface area contributed by atoms with Crippen LogP contribution in [0.15, 0.2) is 53.7 Å². The molecule has 1 aromatic heterocycles. The lowest BCUT2D eigenvalue weighted by Crippen LogP contribution is -1.96. The summed E-state index contributed by atoms with van der Waals surface area (Å²) in [4.78, 5) is 8.67. The average molecular weight is 374 g/mol. The molecule has 0 N–H and O–H groups in total. The molecule has 3 rings (SSSR count). The topological polar surface area (TPSA) is 44.2 Å². The molecule has 0 saturated carbocycles. The Morgan fingerprint density at radius 3 is 2.42 bits per heavy atom. The maximum atomic E-state index is 13.3. The van der Waals surface area contributed by atoms with Gasteiger partial charge in [0.15, 0.2) is 5.16 Å².